The van der Waals surface area contributed by atoms with Crippen LogP contribution in [-0.2, 0) is 13.0 Å². The Hall–Kier alpha value is -2.61. The summed E-state index contributed by atoms with van der Waals surface area (Å²) in [5.41, 5.74) is 2.44. The van der Waals surface area contributed by atoms with Crippen molar-refractivity contribution < 1.29 is 0 Å². The number of aryl methyl sites for hydroxylation is 2. The molecule has 0 radical (unpaired) electrons. The first-order valence-electron chi connectivity index (χ1n) is 14.1. The molecule has 39 heavy (non-hydrogen) atoms. The van der Waals surface area contributed by atoms with Gasteiger partial charge in [-0.3, -0.25) is 9.36 Å². The summed E-state index contributed by atoms with van der Waals surface area (Å²) in [4.78, 5) is 25.5. The number of piperazine rings is 1. The number of nitrogens with one attached hydrogen (secondary N) is 2. The molecular formula is C30H38Cl2N6O. The highest BCUT2D eigenvalue weighted by Crippen LogP contribution is 2.27. The molecule has 2 heterocycles. The maximum absolute atomic E-state index is 13.3. The zero-order valence-corrected chi connectivity index (χ0v) is 24.5. The lowest BCUT2D eigenvalue weighted by atomic mass is 9.86. The van der Waals surface area contributed by atoms with E-state index in [9.17, 15) is 4.79 Å². The minimum Gasteiger partial charge on any atom is -0.340 e. The van der Waals surface area contributed by atoms with E-state index in [1.54, 1.807) is 17.0 Å². The lowest BCUT2D eigenvalue weighted by Gasteiger charge is -2.39. The van der Waals surface area contributed by atoms with Gasteiger partial charge in [-0.2, -0.15) is 0 Å². The molecular weight excluding hydrogens is 531 g/mol. The van der Waals surface area contributed by atoms with Crippen molar-refractivity contribution in [1.29, 1.82) is 0 Å². The lowest BCUT2D eigenvalue weighted by Crippen LogP contribution is -2.57. The third kappa shape index (κ3) is 6.76. The van der Waals surface area contributed by atoms with E-state index in [4.69, 9.17) is 28.2 Å². The van der Waals surface area contributed by atoms with Crippen molar-refractivity contribution in [3.05, 3.63) is 68.7 Å². The third-order valence-corrected chi connectivity index (χ3v) is 8.52. The number of anilines is 1. The molecule has 7 nitrogen and oxygen atoms in total. The van der Waals surface area contributed by atoms with Crippen LogP contribution in [0.2, 0.25) is 10.0 Å². The van der Waals surface area contributed by atoms with Gasteiger partial charge in [-0.05, 0) is 74.9 Å². The van der Waals surface area contributed by atoms with Gasteiger partial charge in [0.15, 0.2) is 5.96 Å². The fraction of sp³-hybridized carbons (Fsp3) is 0.500. The number of guanidine groups is 1. The molecule has 2 fully saturated rings. The van der Waals surface area contributed by atoms with E-state index in [0.29, 0.717) is 58.0 Å². The van der Waals surface area contributed by atoms with Crippen LogP contribution < -0.4 is 16.2 Å². The monoisotopic (exact) mass is 568 g/mol. The molecule has 3 aromatic rings. The fourth-order valence-corrected chi connectivity index (χ4v) is 6.33. The Morgan fingerprint density at radius 2 is 1.85 bits per heavy atom. The summed E-state index contributed by atoms with van der Waals surface area (Å²) in [7, 11) is 0. The van der Waals surface area contributed by atoms with Gasteiger partial charge in [-0.15, -0.1) is 0 Å². The van der Waals surface area contributed by atoms with Crippen molar-refractivity contribution in [3.63, 3.8) is 0 Å². The molecule has 1 aliphatic heterocycles. The predicted octanol–water partition coefficient (Wildman–Crippen LogP) is 5.97. The quantitative estimate of drug-likeness (QED) is 0.292. The van der Waals surface area contributed by atoms with Gasteiger partial charge < -0.3 is 15.5 Å². The molecule has 0 amide bonds. The van der Waals surface area contributed by atoms with Crippen LogP contribution in [0.4, 0.5) is 5.69 Å². The molecule has 1 aliphatic carbocycles. The Labute approximate surface area is 240 Å². The molecule has 0 bridgehead atoms. The minimum absolute atomic E-state index is 0.0636. The van der Waals surface area contributed by atoms with Gasteiger partial charge in [0.05, 0.1) is 23.3 Å². The average molecular weight is 570 g/mol. The maximum atomic E-state index is 13.3. The summed E-state index contributed by atoms with van der Waals surface area (Å²) in [6.45, 7) is 9.03. The number of halogens is 2. The molecule has 5 rings (SSSR count). The second-order valence-corrected chi connectivity index (χ2v) is 12.1. The molecule has 1 aromatic heterocycles. The Bertz CT molecular complexity index is 1400. The number of nitrogens with zero attached hydrogens (tertiary/aromatic N) is 4. The van der Waals surface area contributed by atoms with Crippen molar-refractivity contribution in [2.75, 3.05) is 18.4 Å². The molecule has 9 heteroatoms. The van der Waals surface area contributed by atoms with E-state index in [2.05, 4.69) is 41.3 Å². The number of hydrogen-bond acceptors (Lipinski definition) is 4. The van der Waals surface area contributed by atoms with Crippen molar-refractivity contribution in [3.8, 4) is 0 Å². The SMILES string of the molecule is CC1CCCCC1/N=C(/Nc1ccc2c(=O)n(CCc3ccc(Cl)cc3Cl)cnc2c1)N1C[C@@H](C)N[C@@H](C)C1. The summed E-state index contributed by atoms with van der Waals surface area (Å²) in [6, 6.07) is 12.3. The van der Waals surface area contributed by atoms with Gasteiger partial charge in [0.2, 0.25) is 0 Å². The third-order valence-electron chi connectivity index (χ3n) is 7.93. The fourth-order valence-electron chi connectivity index (χ4n) is 5.83. The van der Waals surface area contributed by atoms with Gasteiger partial charge in [0, 0.05) is 47.5 Å². The maximum Gasteiger partial charge on any atom is 0.261 e. The van der Waals surface area contributed by atoms with Gasteiger partial charge in [0.25, 0.3) is 5.56 Å². The Kier molecular flexibility index (Phi) is 8.79. The molecule has 208 valence electrons. The Morgan fingerprint density at radius 3 is 2.59 bits per heavy atom. The normalized spacial score (nSPS) is 24.2. The number of benzene rings is 2. The summed E-state index contributed by atoms with van der Waals surface area (Å²) in [5.74, 6) is 1.49. The molecule has 2 N–H and O–H groups in total. The highest BCUT2D eigenvalue weighted by Gasteiger charge is 2.27. The summed E-state index contributed by atoms with van der Waals surface area (Å²) in [5, 5.41) is 9.03. The Balaban J connectivity index is 1.38. The minimum atomic E-state index is -0.0636. The first kappa shape index (κ1) is 27.9. The average Bonchev–Trinajstić information content (AvgIpc) is 2.89. The van der Waals surface area contributed by atoms with Gasteiger partial charge >= 0.3 is 0 Å². The van der Waals surface area contributed by atoms with Crippen molar-refractivity contribution in [1.82, 2.24) is 19.8 Å². The molecule has 1 saturated heterocycles. The second-order valence-electron chi connectivity index (χ2n) is 11.2. The van der Waals surface area contributed by atoms with Gasteiger partial charge in [-0.1, -0.05) is 49.0 Å². The van der Waals surface area contributed by atoms with E-state index in [1.165, 1.54) is 19.3 Å². The number of hydrogen-bond donors (Lipinski definition) is 2. The molecule has 2 aliphatic rings. The highest BCUT2D eigenvalue weighted by molar-refractivity contribution is 6.35. The summed E-state index contributed by atoms with van der Waals surface area (Å²) in [6.07, 6.45) is 7.12. The number of fused-ring (bicyclic) bond motifs is 1. The molecule has 2 aromatic carbocycles. The first-order valence-corrected chi connectivity index (χ1v) is 14.8. The van der Waals surface area contributed by atoms with Crippen LogP contribution in [0.15, 0.2) is 52.5 Å². The van der Waals surface area contributed by atoms with Crippen molar-refractivity contribution in [2.24, 2.45) is 10.9 Å². The van der Waals surface area contributed by atoms with Crippen LogP contribution in [0.5, 0.6) is 0 Å². The number of aliphatic imine (C=N–C) groups is 1. The zero-order valence-electron chi connectivity index (χ0n) is 23.0. The van der Waals surface area contributed by atoms with Crippen LogP contribution in [0.3, 0.4) is 0 Å². The van der Waals surface area contributed by atoms with Crippen LogP contribution >= 0.6 is 23.2 Å². The van der Waals surface area contributed by atoms with E-state index in [0.717, 1.165) is 36.7 Å². The van der Waals surface area contributed by atoms with E-state index in [1.807, 2.05) is 30.3 Å². The van der Waals surface area contributed by atoms with Crippen LogP contribution in [-0.4, -0.2) is 51.6 Å². The topological polar surface area (TPSA) is 74.5 Å². The van der Waals surface area contributed by atoms with Gasteiger partial charge in [0.1, 0.15) is 0 Å². The first-order chi connectivity index (χ1) is 18.8. The number of rotatable bonds is 5. The largest absolute Gasteiger partial charge is 0.340 e. The highest BCUT2D eigenvalue weighted by atomic mass is 35.5. The van der Waals surface area contributed by atoms with Crippen molar-refractivity contribution in [2.45, 2.75) is 77.5 Å². The molecule has 0 spiro atoms. The smallest absolute Gasteiger partial charge is 0.261 e. The lowest BCUT2D eigenvalue weighted by molar-refractivity contribution is 0.250. The van der Waals surface area contributed by atoms with Crippen molar-refractivity contribution >= 4 is 45.8 Å². The number of aromatic nitrogens is 2. The standard InChI is InChI=1S/C30H38Cl2N6O/c1-19-6-4-5-7-27(19)36-30(38-16-20(2)34-21(3)17-38)35-24-10-11-25-28(15-24)33-18-37(29(25)39)13-12-22-8-9-23(31)14-26(22)32/h8-11,14-15,18-21,27,34H,4-7,12-13,16-17H2,1-3H3,(H,35,36)/t19?,20-,21+,27?. The molecule has 2 unspecified atom stereocenters. The van der Waals surface area contributed by atoms with Crippen LogP contribution in [0.25, 0.3) is 10.9 Å². The van der Waals surface area contributed by atoms with Crippen LogP contribution in [0, 0.1) is 5.92 Å². The summed E-state index contributed by atoms with van der Waals surface area (Å²) < 4.78 is 1.64. The zero-order chi connectivity index (χ0) is 27.5. The summed E-state index contributed by atoms with van der Waals surface area (Å²) >= 11 is 12.3. The Morgan fingerprint density at radius 1 is 1.08 bits per heavy atom. The van der Waals surface area contributed by atoms with E-state index in [-0.39, 0.29) is 5.56 Å². The van der Waals surface area contributed by atoms with E-state index < -0.39 is 0 Å². The van der Waals surface area contributed by atoms with Crippen LogP contribution in [0.1, 0.15) is 52.0 Å². The molecule has 1 saturated carbocycles. The van der Waals surface area contributed by atoms with E-state index >= 15 is 0 Å². The second kappa shape index (κ2) is 12.3. The predicted molar refractivity (Wildman–Crippen MR) is 162 cm³/mol. The van der Waals surface area contributed by atoms with Gasteiger partial charge in [-0.25, -0.2) is 9.98 Å². The molecule has 4 atom stereocenters.